The van der Waals surface area contributed by atoms with Crippen molar-refractivity contribution in [2.75, 3.05) is 6.61 Å². The van der Waals surface area contributed by atoms with Gasteiger partial charge in [-0.1, -0.05) is 6.92 Å². The van der Waals surface area contributed by atoms with E-state index in [2.05, 4.69) is 20.7 Å². The van der Waals surface area contributed by atoms with Gasteiger partial charge in [0, 0.05) is 0 Å². The van der Waals surface area contributed by atoms with Gasteiger partial charge in [0.15, 0.2) is 6.10 Å². The van der Waals surface area contributed by atoms with Crippen molar-refractivity contribution in [3.05, 3.63) is 22.7 Å². The molecule has 1 atom stereocenters. The molecule has 8 heteroatoms. The summed E-state index contributed by atoms with van der Waals surface area (Å²) in [5, 5.41) is 0. The van der Waals surface area contributed by atoms with E-state index in [-0.39, 0.29) is 22.6 Å². The third-order valence-electron chi connectivity index (χ3n) is 2.33. The number of rotatable bonds is 6. The number of carbonyl (C=O) groups excluding carboxylic acids is 1. The molecule has 0 radical (unpaired) electrons. The number of hydrogen-bond donors (Lipinski definition) is 0. The van der Waals surface area contributed by atoms with Crippen molar-refractivity contribution in [2.45, 2.75) is 32.7 Å². The Morgan fingerprint density at radius 3 is 2.48 bits per heavy atom. The Bertz CT molecular complexity index is 491. The largest absolute Gasteiger partial charge is 0.573 e. The van der Waals surface area contributed by atoms with Crippen LogP contribution in [0.25, 0.3) is 0 Å². The second kappa shape index (κ2) is 7.53. The molecule has 1 unspecified atom stereocenters. The molecule has 0 saturated heterocycles. The third kappa shape index (κ3) is 5.82. The zero-order valence-electron chi connectivity index (χ0n) is 11.4. The van der Waals surface area contributed by atoms with Crippen molar-refractivity contribution in [3.63, 3.8) is 0 Å². The summed E-state index contributed by atoms with van der Waals surface area (Å²) < 4.78 is 50.5. The maximum absolute atomic E-state index is 12.1. The van der Waals surface area contributed by atoms with E-state index >= 15 is 0 Å². The van der Waals surface area contributed by atoms with Gasteiger partial charge in [-0.05, 0) is 47.5 Å². The average Bonchev–Trinajstić information content (AvgIpc) is 2.37. The molecular weight excluding hydrogens is 357 g/mol. The molecule has 0 aliphatic carbocycles. The van der Waals surface area contributed by atoms with Gasteiger partial charge in [0.25, 0.3) is 0 Å². The predicted molar refractivity (Wildman–Crippen MR) is 72.2 cm³/mol. The summed E-state index contributed by atoms with van der Waals surface area (Å²) in [5.74, 6) is -0.679. The standard InChI is InChI=1S/C13H14BrF3O4/c1-3-10(12(18)19-4-2)20-8-5-6-11(9(14)7-8)21-13(15,16)17/h5-7,10H,3-4H2,1-2H3. The molecule has 21 heavy (non-hydrogen) atoms. The lowest BCUT2D eigenvalue weighted by molar-refractivity contribution is -0.274. The molecule has 0 aliphatic rings. The molecule has 0 amide bonds. The fourth-order valence-electron chi connectivity index (χ4n) is 1.46. The van der Waals surface area contributed by atoms with E-state index in [0.717, 1.165) is 6.07 Å². The van der Waals surface area contributed by atoms with Crippen molar-refractivity contribution >= 4 is 21.9 Å². The van der Waals surface area contributed by atoms with Crippen molar-refractivity contribution < 1.29 is 32.2 Å². The zero-order valence-corrected chi connectivity index (χ0v) is 13.0. The lowest BCUT2D eigenvalue weighted by atomic mass is 10.2. The molecule has 0 fully saturated rings. The first-order chi connectivity index (χ1) is 9.76. The minimum absolute atomic E-state index is 0.0658. The van der Waals surface area contributed by atoms with Gasteiger partial charge in [0.05, 0.1) is 11.1 Å². The Labute approximate surface area is 128 Å². The van der Waals surface area contributed by atoms with Crippen LogP contribution in [0.1, 0.15) is 20.3 Å². The molecule has 0 aromatic heterocycles. The molecule has 0 saturated carbocycles. The molecule has 1 aromatic rings. The van der Waals surface area contributed by atoms with E-state index in [1.54, 1.807) is 13.8 Å². The molecule has 4 nitrogen and oxygen atoms in total. The summed E-state index contributed by atoms with van der Waals surface area (Å²) in [5.41, 5.74) is 0. The summed E-state index contributed by atoms with van der Waals surface area (Å²) in [4.78, 5) is 11.6. The highest BCUT2D eigenvalue weighted by atomic mass is 79.9. The smallest absolute Gasteiger partial charge is 0.479 e. The molecule has 0 heterocycles. The second-order valence-corrected chi connectivity index (χ2v) is 4.76. The quantitative estimate of drug-likeness (QED) is 0.708. The Morgan fingerprint density at radius 2 is 2.00 bits per heavy atom. The predicted octanol–water partition coefficient (Wildman–Crippen LogP) is 4.07. The van der Waals surface area contributed by atoms with Crippen LogP contribution in [-0.2, 0) is 9.53 Å². The Morgan fingerprint density at radius 1 is 1.33 bits per heavy atom. The molecule has 118 valence electrons. The molecule has 0 bridgehead atoms. The Balaban J connectivity index is 2.81. The zero-order chi connectivity index (χ0) is 16.0. The number of ether oxygens (including phenoxy) is 3. The summed E-state index contributed by atoms with van der Waals surface area (Å²) in [6, 6.07) is 3.68. The van der Waals surface area contributed by atoms with E-state index in [1.807, 2.05) is 0 Å². The van der Waals surface area contributed by atoms with Crippen LogP contribution in [0.5, 0.6) is 11.5 Å². The fraction of sp³-hybridized carbons (Fsp3) is 0.462. The van der Waals surface area contributed by atoms with Crippen molar-refractivity contribution in [3.8, 4) is 11.5 Å². The summed E-state index contributed by atoms with van der Waals surface area (Å²) in [7, 11) is 0. The second-order valence-electron chi connectivity index (χ2n) is 3.91. The number of esters is 1. The van der Waals surface area contributed by atoms with Crippen LogP contribution in [0.15, 0.2) is 22.7 Å². The van der Waals surface area contributed by atoms with Crippen LogP contribution in [0, 0.1) is 0 Å². The first kappa shape index (κ1) is 17.6. The highest BCUT2D eigenvalue weighted by molar-refractivity contribution is 9.10. The molecule has 0 N–H and O–H groups in total. The normalized spacial score (nSPS) is 12.7. The summed E-state index contributed by atoms with van der Waals surface area (Å²) in [6.45, 7) is 3.63. The lowest BCUT2D eigenvalue weighted by Gasteiger charge is -2.17. The number of carbonyl (C=O) groups is 1. The van der Waals surface area contributed by atoms with E-state index in [1.165, 1.54) is 12.1 Å². The van der Waals surface area contributed by atoms with Gasteiger partial charge in [0.1, 0.15) is 11.5 Å². The topological polar surface area (TPSA) is 44.8 Å². The summed E-state index contributed by atoms with van der Waals surface area (Å²) in [6.07, 6.45) is -5.22. The van der Waals surface area contributed by atoms with Crippen LogP contribution in [0.4, 0.5) is 13.2 Å². The van der Waals surface area contributed by atoms with Crippen LogP contribution < -0.4 is 9.47 Å². The summed E-state index contributed by atoms with van der Waals surface area (Å²) >= 11 is 2.96. The van der Waals surface area contributed by atoms with E-state index in [4.69, 9.17) is 9.47 Å². The van der Waals surface area contributed by atoms with Gasteiger partial charge in [-0.25, -0.2) is 4.79 Å². The maximum atomic E-state index is 12.1. The van der Waals surface area contributed by atoms with Crippen LogP contribution in [0.3, 0.4) is 0 Å². The van der Waals surface area contributed by atoms with Gasteiger partial charge < -0.3 is 14.2 Å². The van der Waals surface area contributed by atoms with Gasteiger partial charge in [-0.15, -0.1) is 13.2 Å². The maximum Gasteiger partial charge on any atom is 0.573 e. The van der Waals surface area contributed by atoms with E-state index < -0.39 is 18.4 Å². The van der Waals surface area contributed by atoms with E-state index in [9.17, 15) is 18.0 Å². The van der Waals surface area contributed by atoms with Gasteiger partial charge in [0.2, 0.25) is 0 Å². The van der Waals surface area contributed by atoms with Gasteiger partial charge >= 0.3 is 12.3 Å². The Hall–Kier alpha value is -1.44. The Kier molecular flexibility index (Phi) is 6.32. The third-order valence-corrected chi connectivity index (χ3v) is 2.95. The molecule has 0 aliphatic heterocycles. The molecule has 0 spiro atoms. The molecule has 1 aromatic carbocycles. The SMILES string of the molecule is CCOC(=O)C(CC)Oc1ccc(OC(F)(F)F)c(Br)c1. The first-order valence-electron chi connectivity index (χ1n) is 6.15. The van der Waals surface area contributed by atoms with Crippen LogP contribution in [0.2, 0.25) is 0 Å². The average molecular weight is 371 g/mol. The first-order valence-corrected chi connectivity index (χ1v) is 6.94. The number of alkyl halides is 3. The van der Waals surface area contributed by atoms with Crippen LogP contribution in [-0.4, -0.2) is 25.0 Å². The molecule has 1 rings (SSSR count). The lowest BCUT2D eigenvalue weighted by Crippen LogP contribution is -2.28. The van der Waals surface area contributed by atoms with Crippen molar-refractivity contribution in [2.24, 2.45) is 0 Å². The highest BCUT2D eigenvalue weighted by Crippen LogP contribution is 2.33. The van der Waals surface area contributed by atoms with Crippen molar-refractivity contribution in [1.82, 2.24) is 0 Å². The number of benzene rings is 1. The van der Waals surface area contributed by atoms with Gasteiger partial charge in [-0.3, -0.25) is 0 Å². The number of halogens is 4. The fourth-order valence-corrected chi connectivity index (χ4v) is 1.90. The van der Waals surface area contributed by atoms with Crippen molar-refractivity contribution in [1.29, 1.82) is 0 Å². The highest BCUT2D eigenvalue weighted by Gasteiger charge is 2.32. The minimum atomic E-state index is -4.78. The number of hydrogen-bond acceptors (Lipinski definition) is 4. The minimum Gasteiger partial charge on any atom is -0.479 e. The molecular formula is C13H14BrF3O4. The monoisotopic (exact) mass is 370 g/mol. The van der Waals surface area contributed by atoms with Gasteiger partial charge in [-0.2, -0.15) is 0 Å². The van der Waals surface area contributed by atoms with E-state index in [0.29, 0.717) is 6.42 Å². The van der Waals surface area contributed by atoms with Crippen LogP contribution >= 0.6 is 15.9 Å².